The first-order valence-corrected chi connectivity index (χ1v) is 18.2. The number of benzene rings is 4. The Kier molecular flexibility index (Phi) is 11.2. The van der Waals surface area contributed by atoms with Crippen LogP contribution >= 0.6 is 0 Å². The number of nitrogens with two attached hydrogens (primary N) is 1. The van der Waals surface area contributed by atoms with E-state index in [1.54, 1.807) is 25.1 Å². The lowest BCUT2D eigenvalue weighted by molar-refractivity contribution is -0.396. The SMILES string of the molecule is CCNC(=O)Nc1cc(N)ccc1S(=O)(=O)Nc1ccc2c(c1)B(O)OC2.O=[N+]([O-])c1ccc(S(=O)(=O)Nc2ccc3c(c2)B(O)OC3)c([N+](=O)[O-])c1. The molecule has 0 radical (unpaired) electrons. The summed E-state index contributed by atoms with van der Waals surface area (Å²) in [5.41, 5.74) is 7.23. The first-order chi connectivity index (χ1) is 25.0. The van der Waals surface area contributed by atoms with Gasteiger partial charge in [0.2, 0.25) is 0 Å². The quantitative estimate of drug-likeness (QED) is 0.0512. The van der Waals surface area contributed by atoms with Crippen molar-refractivity contribution in [2.45, 2.75) is 29.9 Å². The number of non-ortho nitro benzene ring substituents is 1. The Balaban J connectivity index is 0.000000204. The third kappa shape index (κ3) is 8.82. The number of nitrogens with one attached hydrogen (secondary N) is 4. The number of nitro benzene ring substituents is 2. The first-order valence-electron chi connectivity index (χ1n) is 15.3. The molecule has 0 fully saturated rings. The molecule has 0 spiro atoms. The average Bonchev–Trinajstić information content (AvgIpc) is 3.65. The Bertz CT molecular complexity index is 2330. The van der Waals surface area contributed by atoms with Gasteiger partial charge in [-0.05, 0) is 77.5 Å². The number of sulfonamides is 2. The van der Waals surface area contributed by atoms with E-state index in [1.165, 1.54) is 36.4 Å². The number of nitrogen functional groups attached to an aromatic ring is 1. The summed E-state index contributed by atoms with van der Waals surface area (Å²) in [6.07, 6.45) is 0. The number of nitrogens with zero attached hydrogens (tertiary/aromatic N) is 2. The summed E-state index contributed by atoms with van der Waals surface area (Å²) in [6, 6.07) is 14.9. The van der Waals surface area contributed by atoms with E-state index in [0.717, 1.165) is 17.7 Å². The van der Waals surface area contributed by atoms with Crippen LogP contribution in [-0.4, -0.2) is 63.5 Å². The number of carbonyl (C=O) groups excluding carboxylic acids is 1. The number of rotatable bonds is 10. The van der Waals surface area contributed by atoms with E-state index < -0.39 is 66.4 Å². The maximum atomic E-state index is 12.8. The molecule has 20 nitrogen and oxygen atoms in total. The lowest BCUT2D eigenvalue weighted by atomic mass is 9.79. The first kappa shape index (κ1) is 38.5. The molecule has 8 N–H and O–H groups in total. The molecular formula is C29H29B2N7O13S2. The summed E-state index contributed by atoms with van der Waals surface area (Å²) in [7, 11) is -10.7. The van der Waals surface area contributed by atoms with E-state index >= 15 is 0 Å². The molecule has 6 rings (SSSR count). The van der Waals surface area contributed by atoms with Crippen molar-refractivity contribution in [1.29, 1.82) is 0 Å². The van der Waals surface area contributed by atoms with Gasteiger partial charge in [-0.2, -0.15) is 0 Å². The third-order valence-corrected chi connectivity index (χ3v) is 10.5. The molecule has 0 saturated carbocycles. The van der Waals surface area contributed by atoms with Gasteiger partial charge in [0.05, 0.1) is 34.8 Å². The number of urea groups is 1. The summed E-state index contributed by atoms with van der Waals surface area (Å²) in [5, 5.41) is 46.3. The summed E-state index contributed by atoms with van der Waals surface area (Å²) < 4.78 is 65.4. The molecular weight excluding hydrogens is 740 g/mol. The van der Waals surface area contributed by atoms with Crippen LogP contribution in [0.25, 0.3) is 0 Å². The monoisotopic (exact) mass is 769 g/mol. The molecule has 4 aromatic carbocycles. The Morgan fingerprint density at radius 1 is 0.792 bits per heavy atom. The maximum Gasteiger partial charge on any atom is 0.491 e. The van der Waals surface area contributed by atoms with Crippen LogP contribution in [-0.2, 0) is 42.6 Å². The second-order valence-corrected chi connectivity index (χ2v) is 14.6. The van der Waals surface area contributed by atoms with Gasteiger partial charge in [0.15, 0.2) is 4.90 Å². The number of amides is 2. The van der Waals surface area contributed by atoms with Gasteiger partial charge in [-0.15, -0.1) is 0 Å². The molecule has 276 valence electrons. The van der Waals surface area contributed by atoms with Crippen molar-refractivity contribution in [2.75, 3.05) is 27.0 Å². The Hall–Kier alpha value is -5.78. The van der Waals surface area contributed by atoms with Crippen LogP contribution in [0.3, 0.4) is 0 Å². The molecule has 2 aliphatic heterocycles. The molecule has 0 unspecified atom stereocenters. The van der Waals surface area contributed by atoms with E-state index in [1.807, 2.05) is 0 Å². The molecule has 2 amide bonds. The van der Waals surface area contributed by atoms with Gasteiger partial charge in [0.25, 0.3) is 31.4 Å². The highest BCUT2D eigenvalue weighted by atomic mass is 32.2. The van der Waals surface area contributed by atoms with Crippen molar-refractivity contribution in [3.05, 3.63) is 104 Å². The van der Waals surface area contributed by atoms with E-state index in [-0.39, 0.29) is 35.2 Å². The van der Waals surface area contributed by atoms with Crippen molar-refractivity contribution in [1.82, 2.24) is 5.32 Å². The van der Waals surface area contributed by atoms with Gasteiger partial charge < -0.3 is 35.7 Å². The van der Waals surface area contributed by atoms with Gasteiger partial charge in [-0.25, -0.2) is 21.6 Å². The largest absolute Gasteiger partial charge is 0.491 e. The molecule has 0 atom stereocenters. The minimum atomic E-state index is -4.40. The zero-order chi connectivity index (χ0) is 38.7. The van der Waals surface area contributed by atoms with Crippen LogP contribution in [0, 0.1) is 20.2 Å². The minimum absolute atomic E-state index is 0.0537. The number of carbonyl (C=O) groups is 1. The highest BCUT2D eigenvalue weighted by molar-refractivity contribution is 7.93. The molecule has 24 heteroatoms. The lowest BCUT2D eigenvalue weighted by Gasteiger charge is -2.14. The van der Waals surface area contributed by atoms with Crippen LogP contribution in [0.5, 0.6) is 0 Å². The van der Waals surface area contributed by atoms with Gasteiger partial charge in [0.1, 0.15) is 4.90 Å². The molecule has 2 heterocycles. The van der Waals surface area contributed by atoms with Crippen molar-refractivity contribution in [3.8, 4) is 0 Å². The highest BCUT2D eigenvalue weighted by Crippen LogP contribution is 2.30. The molecule has 0 saturated heterocycles. The molecule has 2 aliphatic rings. The Labute approximate surface area is 302 Å². The van der Waals surface area contributed by atoms with Gasteiger partial charge in [-0.3, -0.25) is 29.7 Å². The zero-order valence-corrected chi connectivity index (χ0v) is 29.0. The normalized spacial score (nSPS) is 13.3. The fourth-order valence-electron chi connectivity index (χ4n) is 5.17. The number of hydrogen-bond acceptors (Lipinski definition) is 14. The Morgan fingerprint density at radius 2 is 1.32 bits per heavy atom. The second kappa shape index (κ2) is 15.4. The summed E-state index contributed by atoms with van der Waals surface area (Å²) in [6.45, 7) is 2.57. The van der Waals surface area contributed by atoms with E-state index in [9.17, 15) is 51.9 Å². The summed E-state index contributed by atoms with van der Waals surface area (Å²) in [4.78, 5) is 31.0. The molecule has 4 aromatic rings. The van der Waals surface area contributed by atoms with Crippen molar-refractivity contribution >= 4 is 85.4 Å². The fraction of sp³-hybridized carbons (Fsp3) is 0.138. The third-order valence-electron chi connectivity index (χ3n) is 7.64. The van der Waals surface area contributed by atoms with Crippen LogP contribution < -0.4 is 36.7 Å². The molecule has 0 bridgehead atoms. The lowest BCUT2D eigenvalue weighted by Crippen LogP contribution is -2.30. The summed E-state index contributed by atoms with van der Waals surface area (Å²) >= 11 is 0. The number of anilines is 4. The standard InChI is InChI=1S/C16H19BN4O5S.C13H10BN3O8S/c1-2-19-16(22)20-14-7-11(18)4-6-15(14)27(24,25)21-12-5-3-10-9-26-17(23)13(10)8-12;18-14-11-5-9(2-1-8(11)7-25-14)15-26(23,24)13-4-3-10(16(19)20)6-12(13)17(21)22/h3-8,21,23H,2,9,18H2,1H3,(H2,19,20,22);1-6,15,18H,7H2. The molecule has 0 aromatic heterocycles. The smallest absolute Gasteiger partial charge is 0.423 e. The predicted molar refractivity (Wildman–Crippen MR) is 193 cm³/mol. The second-order valence-electron chi connectivity index (χ2n) is 11.3. The van der Waals surface area contributed by atoms with Gasteiger partial charge in [-0.1, -0.05) is 12.1 Å². The van der Waals surface area contributed by atoms with Gasteiger partial charge >= 0.3 is 20.3 Å². The Morgan fingerprint density at radius 3 is 1.83 bits per heavy atom. The average molecular weight is 769 g/mol. The van der Waals surface area contributed by atoms with E-state index in [4.69, 9.17) is 15.0 Å². The van der Waals surface area contributed by atoms with Crippen LogP contribution in [0.1, 0.15) is 18.1 Å². The van der Waals surface area contributed by atoms with Crippen molar-refractivity contribution < 1.29 is 50.8 Å². The van der Waals surface area contributed by atoms with Gasteiger partial charge in [0, 0.05) is 29.7 Å². The highest BCUT2D eigenvalue weighted by Gasteiger charge is 2.32. The maximum absolute atomic E-state index is 12.8. The van der Waals surface area contributed by atoms with Crippen molar-refractivity contribution in [2.24, 2.45) is 0 Å². The van der Waals surface area contributed by atoms with Crippen LogP contribution in [0.15, 0.2) is 82.6 Å². The topological polar surface area (TPSA) is 305 Å². The molecule has 0 aliphatic carbocycles. The predicted octanol–water partition coefficient (Wildman–Crippen LogP) is 0.950. The number of nitro groups is 2. The van der Waals surface area contributed by atoms with E-state index in [2.05, 4.69) is 20.1 Å². The van der Waals surface area contributed by atoms with Crippen LogP contribution in [0.4, 0.5) is 38.9 Å². The summed E-state index contributed by atoms with van der Waals surface area (Å²) in [5.74, 6) is 0. The van der Waals surface area contributed by atoms with E-state index in [0.29, 0.717) is 34.8 Å². The van der Waals surface area contributed by atoms with Crippen molar-refractivity contribution in [3.63, 3.8) is 0 Å². The molecule has 53 heavy (non-hydrogen) atoms. The minimum Gasteiger partial charge on any atom is -0.423 e. The number of hydrogen-bond donors (Lipinski definition) is 7. The number of fused-ring (bicyclic) bond motifs is 2. The van der Waals surface area contributed by atoms with Crippen LogP contribution in [0.2, 0.25) is 0 Å². The zero-order valence-electron chi connectivity index (χ0n) is 27.4. The fourth-order valence-corrected chi connectivity index (χ4v) is 7.57.